The van der Waals surface area contributed by atoms with Crippen molar-refractivity contribution in [2.75, 3.05) is 11.1 Å². The van der Waals surface area contributed by atoms with Gasteiger partial charge in [0.1, 0.15) is 11.6 Å². The lowest BCUT2D eigenvalue weighted by atomic mass is 10.1. The Labute approximate surface area is 181 Å². The van der Waals surface area contributed by atoms with Gasteiger partial charge in [-0.1, -0.05) is 43.3 Å². The van der Waals surface area contributed by atoms with Crippen molar-refractivity contribution in [1.82, 2.24) is 15.5 Å². The van der Waals surface area contributed by atoms with E-state index in [1.54, 1.807) is 20.8 Å². The van der Waals surface area contributed by atoms with Crippen molar-refractivity contribution >= 4 is 29.4 Å². The van der Waals surface area contributed by atoms with Crippen molar-refractivity contribution in [2.45, 2.75) is 65.3 Å². The summed E-state index contributed by atoms with van der Waals surface area (Å²) in [6, 6.07) is 5.35. The minimum absolute atomic E-state index is 0.00336. The van der Waals surface area contributed by atoms with Gasteiger partial charge in [0, 0.05) is 5.69 Å². The number of nitrogens with zero attached hydrogens (tertiary/aromatic N) is 2. The molecule has 1 aromatic carbocycles. The number of aryl methyl sites for hydroxylation is 2. The molecule has 0 saturated carbocycles. The van der Waals surface area contributed by atoms with Crippen LogP contribution in [-0.2, 0) is 9.53 Å². The van der Waals surface area contributed by atoms with E-state index in [1.807, 2.05) is 45.9 Å². The highest BCUT2D eigenvalue weighted by atomic mass is 32.2. The lowest BCUT2D eigenvalue weighted by Gasteiger charge is -2.23. The predicted octanol–water partition coefficient (Wildman–Crippen LogP) is 4.64. The Morgan fingerprint density at radius 1 is 1.20 bits per heavy atom. The van der Waals surface area contributed by atoms with Gasteiger partial charge in [-0.05, 0) is 52.2 Å². The van der Waals surface area contributed by atoms with Crippen LogP contribution in [0.5, 0.6) is 0 Å². The van der Waals surface area contributed by atoms with Crippen LogP contribution in [-0.4, -0.2) is 33.6 Å². The summed E-state index contributed by atoms with van der Waals surface area (Å²) >= 11 is 1.14. The number of hydrogen-bond acceptors (Lipinski definition) is 7. The third-order valence-corrected chi connectivity index (χ3v) is 4.83. The number of benzene rings is 1. The van der Waals surface area contributed by atoms with E-state index >= 15 is 0 Å². The highest BCUT2D eigenvalue weighted by Gasteiger charge is 2.27. The smallest absolute Gasteiger partial charge is 0.408 e. The molecule has 164 valence electrons. The molecule has 9 heteroatoms. The second-order valence-electron chi connectivity index (χ2n) is 8.43. The van der Waals surface area contributed by atoms with Gasteiger partial charge in [0.15, 0.2) is 0 Å². The highest BCUT2D eigenvalue weighted by Crippen LogP contribution is 2.25. The van der Waals surface area contributed by atoms with Gasteiger partial charge in [0.2, 0.25) is 11.8 Å². The molecule has 2 amide bonds. The Hall–Kier alpha value is -2.55. The zero-order valence-corrected chi connectivity index (χ0v) is 19.3. The molecule has 0 unspecified atom stereocenters. The summed E-state index contributed by atoms with van der Waals surface area (Å²) in [4.78, 5) is 24.4. The fourth-order valence-corrected chi connectivity index (χ4v) is 3.19. The van der Waals surface area contributed by atoms with Crippen LogP contribution in [0, 0.1) is 19.8 Å². The number of thioether (sulfide) groups is 1. The van der Waals surface area contributed by atoms with Crippen LogP contribution in [0.25, 0.3) is 0 Å². The number of alkyl carbamates (subject to hydrolysis) is 1. The Kier molecular flexibility index (Phi) is 7.89. The van der Waals surface area contributed by atoms with E-state index in [0.29, 0.717) is 0 Å². The fourth-order valence-electron chi connectivity index (χ4n) is 2.62. The van der Waals surface area contributed by atoms with E-state index in [4.69, 9.17) is 9.15 Å². The molecule has 8 nitrogen and oxygen atoms in total. The van der Waals surface area contributed by atoms with Gasteiger partial charge in [-0.2, -0.15) is 0 Å². The molecule has 2 N–H and O–H groups in total. The molecule has 0 aliphatic carbocycles. The van der Waals surface area contributed by atoms with Crippen molar-refractivity contribution in [3.8, 4) is 0 Å². The Balaban J connectivity index is 1.95. The van der Waals surface area contributed by atoms with Crippen LogP contribution in [0.4, 0.5) is 10.5 Å². The summed E-state index contributed by atoms with van der Waals surface area (Å²) in [6.45, 7) is 13.2. The molecule has 0 fully saturated rings. The summed E-state index contributed by atoms with van der Waals surface area (Å²) in [7, 11) is 0. The van der Waals surface area contributed by atoms with Crippen LogP contribution >= 0.6 is 11.8 Å². The number of carbonyl (C=O) groups is 2. The van der Waals surface area contributed by atoms with E-state index < -0.39 is 17.7 Å². The van der Waals surface area contributed by atoms with E-state index in [-0.39, 0.29) is 28.7 Å². The van der Waals surface area contributed by atoms with Gasteiger partial charge >= 0.3 is 6.09 Å². The predicted molar refractivity (Wildman–Crippen MR) is 117 cm³/mol. The van der Waals surface area contributed by atoms with Gasteiger partial charge in [-0.3, -0.25) is 4.79 Å². The molecule has 1 heterocycles. The van der Waals surface area contributed by atoms with Gasteiger partial charge in [-0.15, -0.1) is 10.2 Å². The van der Waals surface area contributed by atoms with E-state index in [1.165, 1.54) is 0 Å². The maximum Gasteiger partial charge on any atom is 0.408 e. The number of rotatable bonds is 7. The molecule has 0 bridgehead atoms. The first-order valence-corrected chi connectivity index (χ1v) is 10.8. The summed E-state index contributed by atoms with van der Waals surface area (Å²) in [5, 5.41) is 13.9. The molecule has 2 rings (SSSR count). The number of ether oxygens (including phenoxy) is 1. The maximum atomic E-state index is 12.3. The van der Waals surface area contributed by atoms with Crippen LogP contribution in [0.1, 0.15) is 57.7 Å². The van der Waals surface area contributed by atoms with Crippen LogP contribution in [0.3, 0.4) is 0 Å². The van der Waals surface area contributed by atoms with Crippen molar-refractivity contribution in [3.63, 3.8) is 0 Å². The van der Waals surface area contributed by atoms with E-state index in [9.17, 15) is 9.59 Å². The zero-order chi connectivity index (χ0) is 22.5. The molecule has 0 radical (unpaired) electrons. The Bertz CT molecular complexity index is 889. The molecule has 0 aliphatic rings. The van der Waals surface area contributed by atoms with Gasteiger partial charge in [0.05, 0.1) is 5.75 Å². The average Bonchev–Trinajstić information content (AvgIpc) is 3.07. The molecule has 1 atom stereocenters. The normalized spacial score (nSPS) is 12.5. The molecule has 1 aromatic heterocycles. The highest BCUT2D eigenvalue weighted by molar-refractivity contribution is 7.99. The second kappa shape index (κ2) is 9.97. The quantitative estimate of drug-likeness (QED) is 0.611. The van der Waals surface area contributed by atoms with Gasteiger partial charge in [-0.25, -0.2) is 4.79 Å². The van der Waals surface area contributed by atoms with Crippen molar-refractivity contribution in [1.29, 1.82) is 0 Å². The minimum Gasteiger partial charge on any atom is -0.444 e. The van der Waals surface area contributed by atoms with Gasteiger partial charge in [0.25, 0.3) is 5.22 Å². The lowest BCUT2D eigenvalue weighted by Crippen LogP contribution is -2.37. The number of aromatic nitrogens is 2. The van der Waals surface area contributed by atoms with Gasteiger partial charge < -0.3 is 19.8 Å². The number of carbonyl (C=O) groups excluding carboxylic acids is 2. The number of nitrogens with one attached hydrogen (secondary N) is 2. The van der Waals surface area contributed by atoms with Crippen LogP contribution < -0.4 is 10.6 Å². The van der Waals surface area contributed by atoms with E-state index in [2.05, 4.69) is 20.8 Å². The second-order valence-corrected chi connectivity index (χ2v) is 9.36. The van der Waals surface area contributed by atoms with Crippen LogP contribution in [0.15, 0.2) is 27.8 Å². The zero-order valence-electron chi connectivity index (χ0n) is 18.5. The largest absolute Gasteiger partial charge is 0.444 e. The molecular weight excluding hydrogens is 404 g/mol. The molecule has 0 spiro atoms. The molecular formula is C21H30N4O4S. The molecule has 2 aromatic rings. The van der Waals surface area contributed by atoms with E-state index in [0.717, 1.165) is 28.6 Å². The molecule has 0 saturated heterocycles. The van der Waals surface area contributed by atoms with Crippen molar-refractivity contribution in [3.05, 3.63) is 35.2 Å². The van der Waals surface area contributed by atoms with Crippen molar-refractivity contribution < 1.29 is 18.7 Å². The first-order chi connectivity index (χ1) is 13.9. The molecule has 30 heavy (non-hydrogen) atoms. The third kappa shape index (κ3) is 7.37. The summed E-state index contributed by atoms with van der Waals surface area (Å²) < 4.78 is 11.0. The fraction of sp³-hybridized carbons (Fsp3) is 0.524. The number of anilines is 1. The monoisotopic (exact) mass is 434 g/mol. The summed E-state index contributed by atoms with van der Waals surface area (Å²) in [5.74, 6) is 0.233. The lowest BCUT2D eigenvalue weighted by molar-refractivity contribution is -0.113. The Morgan fingerprint density at radius 2 is 1.90 bits per heavy atom. The summed E-state index contributed by atoms with van der Waals surface area (Å²) in [6.07, 6.45) is -0.554. The number of amides is 2. The summed E-state index contributed by atoms with van der Waals surface area (Å²) in [5.41, 5.74) is 2.31. The minimum atomic E-state index is -0.607. The topological polar surface area (TPSA) is 106 Å². The number of hydrogen-bond donors (Lipinski definition) is 2. The molecule has 0 aliphatic heterocycles. The average molecular weight is 435 g/mol. The maximum absolute atomic E-state index is 12.3. The first kappa shape index (κ1) is 23.7. The SMILES string of the molecule is Cc1ccc(NC(=O)CSc2nnc([C@@H](NC(=O)OC(C)(C)C)C(C)C)o2)c(C)c1. The van der Waals surface area contributed by atoms with Crippen LogP contribution in [0.2, 0.25) is 0 Å². The standard InChI is InChI=1S/C21H30N4O4S/c1-12(2)17(23-19(27)29-21(5,6)7)18-24-25-20(28-18)30-11-16(26)22-15-9-8-13(3)10-14(15)4/h8-10,12,17H,11H2,1-7H3,(H,22,26)(H,23,27)/t17-/m0/s1. The first-order valence-electron chi connectivity index (χ1n) is 9.77. The third-order valence-electron chi connectivity index (χ3n) is 4.01. The van der Waals surface area contributed by atoms with Crippen molar-refractivity contribution in [2.24, 2.45) is 5.92 Å². The Morgan fingerprint density at radius 3 is 2.50 bits per heavy atom.